The second-order valence-electron chi connectivity index (χ2n) is 17.1. The van der Waals surface area contributed by atoms with Gasteiger partial charge in [-0.3, -0.25) is 0 Å². The number of benzene rings is 10. The molecule has 0 aliphatic rings. The van der Waals surface area contributed by atoms with Crippen LogP contribution in [0.2, 0.25) is 0 Å². The molecule has 0 amide bonds. The van der Waals surface area contributed by atoms with Gasteiger partial charge in [0.15, 0.2) is 0 Å². The van der Waals surface area contributed by atoms with E-state index in [0.29, 0.717) is 0 Å². The summed E-state index contributed by atoms with van der Waals surface area (Å²) < 4.78 is 14.4. The highest BCUT2D eigenvalue weighted by molar-refractivity contribution is 7.26. The molecule has 0 fully saturated rings. The smallest absolute Gasteiger partial charge is 0.135 e. The normalized spacial score (nSPS) is 12.6. The van der Waals surface area contributed by atoms with Gasteiger partial charge >= 0.3 is 0 Å². The predicted octanol–water partition coefficient (Wildman–Crippen LogP) is 17.9. The number of hydrogen-bond acceptors (Lipinski definition) is 3. The summed E-state index contributed by atoms with van der Waals surface area (Å²) in [6, 6.07) is 80.6. The lowest BCUT2D eigenvalue weighted by atomic mass is 9.82. The van der Waals surface area contributed by atoms with E-state index in [1.807, 2.05) is 22.7 Å². The Bertz CT molecular complexity index is 4190. The van der Waals surface area contributed by atoms with E-state index in [4.69, 9.17) is 4.42 Å². The Morgan fingerprint density at radius 2 is 1.03 bits per heavy atom. The zero-order valence-corrected chi connectivity index (χ0v) is 36.7. The van der Waals surface area contributed by atoms with Crippen LogP contribution in [0.15, 0.2) is 223 Å². The SMILES string of the molecule is c1ccc(-c2cc(-c3ccccc3)c3c(c2)c2c(C(c4ccc5c(c4)oc4ccccc45)c4cccc5c4sc4ccccc45)cccc2n3-c2cccc3sc4ccccc4c23)cc1. The van der Waals surface area contributed by atoms with Crippen molar-refractivity contribution >= 4 is 107 Å². The molecule has 0 aliphatic heterocycles. The molecule has 304 valence electrons. The van der Waals surface area contributed by atoms with Gasteiger partial charge in [0, 0.05) is 73.4 Å². The molecular formula is C61H37NOS2. The molecule has 0 radical (unpaired) electrons. The van der Waals surface area contributed by atoms with Crippen LogP contribution in [0.4, 0.5) is 0 Å². The molecule has 0 bridgehead atoms. The van der Waals surface area contributed by atoms with Gasteiger partial charge in [-0.25, -0.2) is 0 Å². The van der Waals surface area contributed by atoms with Gasteiger partial charge in [-0.1, -0.05) is 164 Å². The van der Waals surface area contributed by atoms with Gasteiger partial charge in [0.05, 0.1) is 16.7 Å². The molecule has 65 heavy (non-hydrogen) atoms. The Morgan fingerprint density at radius 1 is 0.385 bits per heavy atom. The fourth-order valence-electron chi connectivity index (χ4n) is 10.7. The van der Waals surface area contributed by atoms with Gasteiger partial charge in [0.2, 0.25) is 0 Å². The van der Waals surface area contributed by atoms with Gasteiger partial charge in [-0.15, -0.1) is 22.7 Å². The summed E-state index contributed by atoms with van der Waals surface area (Å²) in [5, 5.41) is 9.91. The molecule has 0 aliphatic carbocycles. The molecule has 0 saturated heterocycles. The fraction of sp³-hybridized carbons (Fsp3) is 0.0164. The monoisotopic (exact) mass is 863 g/mol. The first kappa shape index (κ1) is 36.7. The summed E-state index contributed by atoms with van der Waals surface area (Å²) in [5.41, 5.74) is 13.9. The zero-order valence-electron chi connectivity index (χ0n) is 35.0. The first-order valence-electron chi connectivity index (χ1n) is 22.2. The number of furan rings is 1. The average molecular weight is 864 g/mol. The Balaban J connectivity index is 1.17. The molecule has 4 heterocycles. The van der Waals surface area contributed by atoms with Crippen LogP contribution < -0.4 is 0 Å². The van der Waals surface area contributed by atoms with Crippen LogP contribution in [0.1, 0.15) is 22.6 Å². The van der Waals surface area contributed by atoms with Crippen LogP contribution in [0.25, 0.3) is 112 Å². The number of para-hydroxylation sites is 1. The number of aromatic nitrogens is 1. The number of nitrogens with zero attached hydrogens (tertiary/aromatic N) is 1. The first-order valence-corrected chi connectivity index (χ1v) is 23.8. The standard InChI is InChI=1S/C61H37NOS2/c1-3-16-37(17-4-1)40-34-48(38-18-5-2-6-19-38)60-49(35-40)58-46(24-14-26-50(58)62(60)51-27-15-31-56-59(51)45-22-9-12-30-55(45)64-56)57(39-32-33-42-41-20-7-10-28-52(41)63-53(42)36-39)47-25-13-23-44-43-21-8-11-29-54(43)65-61(44)47/h1-36,57H. The lowest BCUT2D eigenvalue weighted by Gasteiger charge is -2.21. The summed E-state index contributed by atoms with van der Waals surface area (Å²) in [4.78, 5) is 0. The second kappa shape index (κ2) is 14.4. The van der Waals surface area contributed by atoms with Gasteiger partial charge < -0.3 is 8.98 Å². The Labute approximate surface area is 382 Å². The van der Waals surface area contributed by atoms with Crippen molar-refractivity contribution in [3.05, 3.63) is 235 Å². The molecule has 14 aromatic rings. The minimum atomic E-state index is -0.134. The van der Waals surface area contributed by atoms with Gasteiger partial charge in [-0.05, 0) is 88.0 Å². The summed E-state index contributed by atoms with van der Waals surface area (Å²) in [7, 11) is 0. The molecule has 0 spiro atoms. The minimum absolute atomic E-state index is 0.134. The summed E-state index contributed by atoms with van der Waals surface area (Å²) in [6.07, 6.45) is 0. The van der Waals surface area contributed by atoms with Crippen molar-refractivity contribution in [3.63, 3.8) is 0 Å². The van der Waals surface area contributed by atoms with E-state index in [9.17, 15) is 0 Å². The minimum Gasteiger partial charge on any atom is -0.456 e. The van der Waals surface area contributed by atoms with E-state index >= 15 is 0 Å². The molecule has 2 nitrogen and oxygen atoms in total. The molecule has 0 N–H and O–H groups in total. The van der Waals surface area contributed by atoms with Crippen LogP contribution in [0, 0.1) is 0 Å². The van der Waals surface area contributed by atoms with Crippen molar-refractivity contribution in [2.75, 3.05) is 0 Å². The van der Waals surface area contributed by atoms with Gasteiger partial charge in [-0.2, -0.15) is 0 Å². The van der Waals surface area contributed by atoms with Crippen LogP contribution in [-0.2, 0) is 0 Å². The maximum atomic E-state index is 6.67. The van der Waals surface area contributed by atoms with E-state index in [2.05, 4.69) is 223 Å². The molecule has 14 rings (SSSR count). The van der Waals surface area contributed by atoms with Crippen molar-refractivity contribution in [2.24, 2.45) is 0 Å². The molecule has 1 unspecified atom stereocenters. The third kappa shape index (κ3) is 5.58. The largest absolute Gasteiger partial charge is 0.456 e. The highest BCUT2D eigenvalue weighted by atomic mass is 32.1. The quantitative estimate of drug-likeness (QED) is 0.152. The van der Waals surface area contributed by atoms with Crippen LogP contribution >= 0.6 is 22.7 Å². The van der Waals surface area contributed by atoms with Crippen LogP contribution in [-0.4, -0.2) is 4.57 Å². The lowest BCUT2D eigenvalue weighted by Crippen LogP contribution is -2.05. The molecule has 4 aromatic heterocycles. The highest BCUT2D eigenvalue weighted by Crippen LogP contribution is 2.50. The van der Waals surface area contributed by atoms with Crippen molar-refractivity contribution in [1.29, 1.82) is 0 Å². The number of rotatable bonds is 6. The first-order chi connectivity index (χ1) is 32.2. The topological polar surface area (TPSA) is 18.1 Å². The molecule has 4 heteroatoms. The molecule has 1 atom stereocenters. The number of fused-ring (bicyclic) bond motifs is 12. The van der Waals surface area contributed by atoms with Gasteiger partial charge in [0.1, 0.15) is 11.2 Å². The van der Waals surface area contributed by atoms with Crippen molar-refractivity contribution in [2.45, 2.75) is 5.92 Å². The zero-order chi connectivity index (χ0) is 42.6. The van der Waals surface area contributed by atoms with E-state index in [1.54, 1.807) is 0 Å². The van der Waals surface area contributed by atoms with E-state index in [1.165, 1.54) is 107 Å². The number of hydrogen-bond donors (Lipinski definition) is 0. The third-order valence-electron chi connectivity index (χ3n) is 13.5. The molecular weight excluding hydrogens is 827 g/mol. The highest BCUT2D eigenvalue weighted by Gasteiger charge is 2.29. The Kier molecular flexibility index (Phi) is 8.12. The van der Waals surface area contributed by atoms with Crippen LogP contribution in [0.5, 0.6) is 0 Å². The van der Waals surface area contributed by atoms with E-state index in [-0.39, 0.29) is 5.92 Å². The third-order valence-corrected chi connectivity index (χ3v) is 15.9. The number of thiophene rings is 2. The van der Waals surface area contributed by atoms with E-state index in [0.717, 1.165) is 21.9 Å². The Hall–Kier alpha value is -7.76. The average Bonchev–Trinajstić information content (AvgIpc) is 4.14. The van der Waals surface area contributed by atoms with Crippen LogP contribution in [0.3, 0.4) is 0 Å². The van der Waals surface area contributed by atoms with Gasteiger partial charge in [0.25, 0.3) is 0 Å². The lowest BCUT2D eigenvalue weighted by molar-refractivity contribution is 0.668. The molecule has 0 saturated carbocycles. The molecule has 10 aromatic carbocycles. The van der Waals surface area contributed by atoms with Crippen molar-refractivity contribution in [3.8, 4) is 27.9 Å². The summed E-state index contributed by atoms with van der Waals surface area (Å²) in [5.74, 6) is -0.134. The summed E-state index contributed by atoms with van der Waals surface area (Å²) in [6.45, 7) is 0. The summed E-state index contributed by atoms with van der Waals surface area (Å²) >= 11 is 3.77. The maximum Gasteiger partial charge on any atom is 0.135 e. The predicted molar refractivity (Wildman–Crippen MR) is 279 cm³/mol. The van der Waals surface area contributed by atoms with Crippen molar-refractivity contribution in [1.82, 2.24) is 4.57 Å². The van der Waals surface area contributed by atoms with E-state index < -0.39 is 0 Å². The second-order valence-corrected chi connectivity index (χ2v) is 19.2. The van der Waals surface area contributed by atoms with Crippen molar-refractivity contribution < 1.29 is 4.42 Å². The maximum absolute atomic E-state index is 6.67. The Morgan fingerprint density at radius 3 is 1.88 bits per heavy atom. The fourth-order valence-corrected chi connectivity index (χ4v) is 13.1.